The third-order valence-corrected chi connectivity index (χ3v) is 4.94. The fourth-order valence-electron chi connectivity index (χ4n) is 3.51. The number of fused-ring (bicyclic) bond motifs is 3. The summed E-state index contributed by atoms with van der Waals surface area (Å²) < 4.78 is 6.13. The van der Waals surface area contributed by atoms with Gasteiger partial charge in [0.25, 0.3) is 5.91 Å². The summed E-state index contributed by atoms with van der Waals surface area (Å²) in [6.45, 7) is 1.92. The van der Waals surface area contributed by atoms with Crippen LogP contribution in [0.25, 0.3) is 11.0 Å². The molecular weight excluding hydrogens is 364 g/mol. The molecule has 5 heteroatoms. The van der Waals surface area contributed by atoms with Gasteiger partial charge in [0.2, 0.25) is 11.3 Å². The number of aryl methyl sites for hydroxylation is 1. The average Bonchev–Trinajstić information content (AvgIpc) is 2.91. The summed E-state index contributed by atoms with van der Waals surface area (Å²) in [6.07, 6.45) is 1.49. The Morgan fingerprint density at radius 3 is 2.55 bits per heavy atom. The molecule has 29 heavy (non-hydrogen) atoms. The van der Waals surface area contributed by atoms with Crippen LogP contribution in [0.3, 0.4) is 0 Å². The molecule has 0 radical (unpaired) electrons. The van der Waals surface area contributed by atoms with Crippen LogP contribution in [0.15, 0.2) is 87.0 Å². The van der Waals surface area contributed by atoms with Crippen LogP contribution in [-0.2, 0) is 0 Å². The Kier molecular flexibility index (Phi) is 3.88. The monoisotopic (exact) mass is 380 g/mol. The van der Waals surface area contributed by atoms with Crippen molar-refractivity contribution in [2.24, 2.45) is 4.99 Å². The zero-order valence-electron chi connectivity index (χ0n) is 15.6. The minimum Gasteiger partial charge on any atom is -0.439 e. The van der Waals surface area contributed by atoms with Crippen molar-refractivity contribution in [2.45, 2.75) is 6.92 Å². The highest BCUT2D eigenvalue weighted by molar-refractivity contribution is 6.15. The van der Waals surface area contributed by atoms with Gasteiger partial charge in [0.15, 0.2) is 0 Å². The van der Waals surface area contributed by atoms with Crippen molar-refractivity contribution in [2.75, 3.05) is 4.90 Å². The summed E-state index contributed by atoms with van der Waals surface area (Å²) in [7, 11) is 0. The smallest absolute Gasteiger partial charge is 0.265 e. The summed E-state index contributed by atoms with van der Waals surface area (Å²) in [4.78, 5) is 32.6. The van der Waals surface area contributed by atoms with Gasteiger partial charge in [0, 0.05) is 11.8 Å². The van der Waals surface area contributed by atoms with Gasteiger partial charge in [0.05, 0.1) is 16.8 Å². The summed E-state index contributed by atoms with van der Waals surface area (Å²) in [5.41, 5.74) is 3.06. The van der Waals surface area contributed by atoms with E-state index in [2.05, 4.69) is 4.99 Å². The third-order valence-electron chi connectivity index (χ3n) is 4.94. The molecule has 0 saturated heterocycles. The van der Waals surface area contributed by atoms with Crippen molar-refractivity contribution >= 4 is 40.3 Å². The zero-order valence-corrected chi connectivity index (χ0v) is 15.6. The molecule has 1 amide bonds. The Morgan fingerprint density at radius 1 is 0.966 bits per heavy atom. The molecule has 0 fully saturated rings. The van der Waals surface area contributed by atoms with Crippen LogP contribution in [0, 0.1) is 6.92 Å². The number of amides is 1. The number of para-hydroxylation sites is 2. The Hall–Kier alpha value is -3.99. The second-order valence-electron chi connectivity index (χ2n) is 6.90. The van der Waals surface area contributed by atoms with Gasteiger partial charge in [-0.3, -0.25) is 14.6 Å². The molecule has 0 saturated carbocycles. The molecule has 0 unspecified atom stereocenters. The number of aliphatic imine (C=N–C) groups is 1. The first kappa shape index (κ1) is 17.1. The first-order chi connectivity index (χ1) is 14.1. The lowest BCUT2D eigenvalue weighted by atomic mass is 10.1. The van der Waals surface area contributed by atoms with Crippen LogP contribution in [0.1, 0.15) is 21.5 Å². The Bertz CT molecular complexity index is 1350. The van der Waals surface area contributed by atoms with Gasteiger partial charge in [-0.05, 0) is 43.3 Å². The van der Waals surface area contributed by atoms with Crippen molar-refractivity contribution in [1.82, 2.24) is 0 Å². The van der Waals surface area contributed by atoms with Crippen molar-refractivity contribution in [3.05, 3.63) is 99.7 Å². The number of carbonyl (C=O) groups is 1. The summed E-state index contributed by atoms with van der Waals surface area (Å²) >= 11 is 0. The second kappa shape index (κ2) is 6.56. The predicted octanol–water partition coefficient (Wildman–Crippen LogP) is 5.14. The highest BCUT2D eigenvalue weighted by Gasteiger charge is 2.30. The Balaban J connectivity index is 1.84. The predicted molar refractivity (Wildman–Crippen MR) is 114 cm³/mol. The molecule has 5 rings (SSSR count). The van der Waals surface area contributed by atoms with Crippen molar-refractivity contribution in [3.63, 3.8) is 0 Å². The molecular formula is C24H16N2O3. The van der Waals surface area contributed by atoms with Crippen molar-refractivity contribution < 1.29 is 9.21 Å². The fourth-order valence-corrected chi connectivity index (χ4v) is 3.51. The van der Waals surface area contributed by atoms with Crippen LogP contribution in [0.2, 0.25) is 0 Å². The van der Waals surface area contributed by atoms with E-state index < -0.39 is 0 Å². The van der Waals surface area contributed by atoms with Gasteiger partial charge in [-0.15, -0.1) is 0 Å². The van der Waals surface area contributed by atoms with E-state index in [-0.39, 0.29) is 22.8 Å². The molecule has 0 bridgehead atoms. The molecule has 1 aliphatic heterocycles. The van der Waals surface area contributed by atoms with Gasteiger partial charge in [-0.2, -0.15) is 0 Å². The van der Waals surface area contributed by atoms with Gasteiger partial charge in [-0.25, -0.2) is 4.90 Å². The lowest BCUT2D eigenvalue weighted by molar-refractivity contribution is 0.0996. The van der Waals surface area contributed by atoms with E-state index in [1.807, 2.05) is 31.2 Å². The topological polar surface area (TPSA) is 62.9 Å². The number of hydrogen-bond donors (Lipinski definition) is 0. The number of carbonyl (C=O) groups excluding carboxylic acids is 1. The summed E-state index contributed by atoms with van der Waals surface area (Å²) in [5, 5.41) is 0.466. The van der Waals surface area contributed by atoms with Gasteiger partial charge >= 0.3 is 0 Å². The van der Waals surface area contributed by atoms with Gasteiger partial charge in [-0.1, -0.05) is 42.0 Å². The van der Waals surface area contributed by atoms with Gasteiger partial charge < -0.3 is 4.42 Å². The zero-order chi connectivity index (χ0) is 20.0. The maximum atomic E-state index is 13.5. The highest BCUT2D eigenvalue weighted by Crippen LogP contribution is 2.39. The minimum absolute atomic E-state index is 0.175. The fraction of sp³-hybridized carbons (Fsp3) is 0.0417. The Labute approximate surface area is 166 Å². The molecule has 2 heterocycles. The number of benzene rings is 3. The van der Waals surface area contributed by atoms with E-state index in [1.54, 1.807) is 48.5 Å². The lowest BCUT2D eigenvalue weighted by Gasteiger charge is -2.23. The van der Waals surface area contributed by atoms with Gasteiger partial charge in [0.1, 0.15) is 11.1 Å². The summed E-state index contributed by atoms with van der Waals surface area (Å²) in [5.74, 6) is -0.117. The maximum Gasteiger partial charge on any atom is 0.265 e. The van der Waals surface area contributed by atoms with Crippen molar-refractivity contribution in [3.8, 4) is 0 Å². The third kappa shape index (κ3) is 2.75. The van der Waals surface area contributed by atoms with Crippen LogP contribution < -0.4 is 10.3 Å². The molecule has 4 aromatic rings. The average molecular weight is 380 g/mol. The molecule has 0 spiro atoms. The van der Waals surface area contributed by atoms with E-state index in [4.69, 9.17) is 4.42 Å². The number of nitrogens with zero attached hydrogens (tertiary/aromatic N) is 2. The summed E-state index contributed by atoms with van der Waals surface area (Å²) in [6, 6.07) is 21.6. The molecule has 1 aromatic heterocycles. The Morgan fingerprint density at radius 2 is 1.72 bits per heavy atom. The SMILES string of the molecule is Cc1ccc2oc3c(c(=O)c2c1)C=Nc1ccccc1N3C(=O)c1ccccc1. The number of rotatable bonds is 1. The largest absolute Gasteiger partial charge is 0.439 e. The minimum atomic E-state index is -0.292. The number of hydrogen-bond acceptors (Lipinski definition) is 4. The molecule has 0 N–H and O–H groups in total. The van der Waals surface area contributed by atoms with E-state index in [0.29, 0.717) is 27.9 Å². The quantitative estimate of drug-likeness (QED) is 0.459. The van der Waals surface area contributed by atoms with Crippen LogP contribution in [-0.4, -0.2) is 12.1 Å². The van der Waals surface area contributed by atoms with E-state index in [1.165, 1.54) is 11.1 Å². The number of anilines is 2. The lowest BCUT2D eigenvalue weighted by Crippen LogP contribution is -2.28. The molecule has 140 valence electrons. The second-order valence-corrected chi connectivity index (χ2v) is 6.90. The molecule has 0 atom stereocenters. The highest BCUT2D eigenvalue weighted by atomic mass is 16.4. The normalized spacial score (nSPS) is 12.4. The van der Waals surface area contributed by atoms with E-state index in [0.717, 1.165) is 5.56 Å². The molecule has 3 aromatic carbocycles. The maximum absolute atomic E-state index is 13.5. The van der Waals surface area contributed by atoms with Crippen LogP contribution in [0.5, 0.6) is 0 Å². The molecule has 0 aliphatic carbocycles. The van der Waals surface area contributed by atoms with Crippen LogP contribution in [0.4, 0.5) is 17.3 Å². The van der Waals surface area contributed by atoms with Crippen molar-refractivity contribution in [1.29, 1.82) is 0 Å². The first-order valence-corrected chi connectivity index (χ1v) is 9.23. The van der Waals surface area contributed by atoms with E-state index in [9.17, 15) is 9.59 Å². The first-order valence-electron chi connectivity index (χ1n) is 9.23. The molecule has 5 nitrogen and oxygen atoms in total. The standard InChI is InChI=1S/C24H16N2O3/c1-15-11-12-21-17(13-15)22(27)18-14-25-19-9-5-6-10-20(19)26(24(18)29-21)23(28)16-7-3-2-4-8-16/h2-14H,1H3. The van der Waals surface area contributed by atoms with E-state index >= 15 is 0 Å². The van der Waals surface area contributed by atoms with Crippen LogP contribution >= 0.6 is 0 Å². The molecule has 1 aliphatic rings.